The molecule has 74 valence electrons. The predicted molar refractivity (Wildman–Crippen MR) is 47.4 cm³/mol. The van der Waals surface area contributed by atoms with E-state index >= 15 is 0 Å². The summed E-state index contributed by atoms with van der Waals surface area (Å²) in [6.07, 6.45) is 0.905. The van der Waals surface area contributed by atoms with Crippen molar-refractivity contribution in [1.82, 2.24) is 0 Å². The Bertz CT molecular complexity index is 199. The molecule has 0 amide bonds. The van der Waals surface area contributed by atoms with Gasteiger partial charge < -0.3 is 14.3 Å². The molecule has 0 unspecified atom stereocenters. The summed E-state index contributed by atoms with van der Waals surface area (Å²) in [6.45, 7) is 7.71. The lowest BCUT2D eigenvalue weighted by molar-refractivity contribution is -0.0617. The Labute approximate surface area is 77.9 Å². The first-order valence-corrected chi connectivity index (χ1v) is 4.19. The van der Waals surface area contributed by atoms with Gasteiger partial charge in [0.05, 0.1) is 11.2 Å². The van der Waals surface area contributed by atoms with Gasteiger partial charge in [-0.15, -0.1) is 0 Å². The summed E-state index contributed by atoms with van der Waals surface area (Å²) in [5, 5.41) is 0. The van der Waals surface area contributed by atoms with E-state index < -0.39 is 18.3 Å². The highest BCUT2D eigenvalue weighted by atomic mass is 19.3. The average Bonchev–Trinajstić information content (AvgIpc) is 2.17. The molecule has 0 aromatic rings. The van der Waals surface area contributed by atoms with Crippen LogP contribution < -0.4 is 0 Å². The van der Waals surface area contributed by atoms with Crippen LogP contribution in [0.3, 0.4) is 0 Å². The van der Waals surface area contributed by atoms with Crippen molar-refractivity contribution in [3.63, 3.8) is 0 Å². The largest absolute Gasteiger partial charge is 0.490 e. The van der Waals surface area contributed by atoms with Crippen molar-refractivity contribution in [3.8, 4) is 0 Å². The summed E-state index contributed by atoms with van der Waals surface area (Å²) in [7, 11) is -0.541. The van der Waals surface area contributed by atoms with Crippen molar-refractivity contribution in [2.45, 2.75) is 38.9 Å². The Balaban J connectivity index is 2.65. The molecular formula is C8H14BFO3. The molecule has 5 heteroatoms. The Morgan fingerprint density at radius 3 is 2.00 bits per heavy atom. The van der Waals surface area contributed by atoms with Crippen molar-refractivity contribution >= 4 is 7.12 Å². The standard InChI is InChI=1S/C8H14BFO3/c1-7(2)8(3,4)13-9(12-7)5-6-11-10/h5-6H,1-4H3/b6-5+. The third kappa shape index (κ3) is 2.03. The van der Waals surface area contributed by atoms with Crippen LogP contribution in [0.1, 0.15) is 27.7 Å². The normalized spacial score (nSPS) is 25.5. The first kappa shape index (κ1) is 10.5. The molecule has 1 aliphatic heterocycles. The van der Waals surface area contributed by atoms with Crippen LogP contribution in [0, 0.1) is 0 Å². The molecule has 0 spiro atoms. The Morgan fingerprint density at radius 2 is 1.62 bits per heavy atom. The molecule has 0 aliphatic carbocycles. The topological polar surface area (TPSA) is 27.7 Å². The fourth-order valence-electron chi connectivity index (χ4n) is 1.06. The molecule has 0 bridgehead atoms. The summed E-state index contributed by atoms with van der Waals surface area (Å²) in [5.74, 6) is 1.39. The Kier molecular flexibility index (Phi) is 2.68. The minimum Gasteiger partial charge on any atom is -0.400 e. The maximum Gasteiger partial charge on any atom is 0.490 e. The zero-order chi connectivity index (χ0) is 10.1. The molecule has 1 heterocycles. The Morgan fingerprint density at radius 1 is 1.15 bits per heavy atom. The molecule has 3 nitrogen and oxygen atoms in total. The maximum absolute atomic E-state index is 11.3. The van der Waals surface area contributed by atoms with Gasteiger partial charge in [0.1, 0.15) is 6.26 Å². The summed E-state index contributed by atoms with van der Waals surface area (Å²) < 4.78 is 22.4. The first-order chi connectivity index (χ1) is 5.89. The molecule has 0 atom stereocenters. The second-order valence-corrected chi connectivity index (χ2v) is 4.04. The Hall–Kier alpha value is -0.545. The number of hydrogen-bond acceptors (Lipinski definition) is 3. The van der Waals surface area contributed by atoms with Crippen LogP contribution in [0.4, 0.5) is 4.53 Å². The molecule has 0 aromatic carbocycles. The predicted octanol–water partition coefficient (Wildman–Crippen LogP) is 2.03. The third-order valence-corrected chi connectivity index (χ3v) is 2.56. The zero-order valence-electron chi connectivity index (χ0n) is 8.33. The van der Waals surface area contributed by atoms with Crippen molar-refractivity contribution < 1.29 is 18.8 Å². The van der Waals surface area contributed by atoms with Gasteiger partial charge in [-0.3, -0.25) is 0 Å². The highest BCUT2D eigenvalue weighted by molar-refractivity contribution is 6.51. The van der Waals surface area contributed by atoms with E-state index in [0.29, 0.717) is 0 Å². The smallest absolute Gasteiger partial charge is 0.400 e. The molecule has 1 saturated heterocycles. The monoisotopic (exact) mass is 188 g/mol. The molecule has 1 rings (SSSR count). The van der Waals surface area contributed by atoms with Gasteiger partial charge in [-0.05, 0) is 33.7 Å². The average molecular weight is 188 g/mol. The third-order valence-electron chi connectivity index (χ3n) is 2.56. The van der Waals surface area contributed by atoms with Gasteiger partial charge in [-0.1, -0.05) is 0 Å². The van der Waals surface area contributed by atoms with Crippen molar-refractivity contribution in [2.24, 2.45) is 0 Å². The lowest BCUT2D eigenvalue weighted by atomic mass is 9.90. The van der Waals surface area contributed by atoms with Crippen LogP contribution in [0.5, 0.6) is 0 Å². The molecular weight excluding hydrogens is 174 g/mol. The fraction of sp³-hybridized carbons (Fsp3) is 0.750. The SMILES string of the molecule is CC1(C)OB(/C=C/OF)OC1(C)C. The second-order valence-electron chi connectivity index (χ2n) is 4.04. The first-order valence-electron chi connectivity index (χ1n) is 4.19. The van der Waals surface area contributed by atoms with Crippen molar-refractivity contribution in [1.29, 1.82) is 0 Å². The van der Waals surface area contributed by atoms with Crippen LogP contribution in [0.2, 0.25) is 0 Å². The highest BCUT2D eigenvalue weighted by Gasteiger charge is 2.50. The maximum atomic E-state index is 11.3. The molecule has 0 saturated carbocycles. The number of rotatable bonds is 2. The molecule has 0 radical (unpaired) electrons. The van der Waals surface area contributed by atoms with Gasteiger partial charge >= 0.3 is 7.12 Å². The van der Waals surface area contributed by atoms with Crippen LogP contribution in [-0.4, -0.2) is 18.3 Å². The summed E-state index contributed by atoms with van der Waals surface area (Å²) >= 11 is 0. The molecule has 1 fully saturated rings. The van der Waals surface area contributed by atoms with E-state index in [2.05, 4.69) is 4.94 Å². The van der Waals surface area contributed by atoms with Crippen LogP contribution in [-0.2, 0) is 14.3 Å². The summed E-state index contributed by atoms with van der Waals surface area (Å²) in [5.41, 5.74) is -0.781. The highest BCUT2D eigenvalue weighted by Crippen LogP contribution is 2.36. The van der Waals surface area contributed by atoms with Gasteiger partial charge in [0.15, 0.2) is 0 Å². The summed E-state index contributed by atoms with van der Waals surface area (Å²) in [4.78, 5) is 3.30. The van der Waals surface area contributed by atoms with E-state index in [9.17, 15) is 4.53 Å². The molecule has 0 N–H and O–H groups in total. The van der Waals surface area contributed by atoms with Crippen LogP contribution >= 0.6 is 0 Å². The number of hydrogen-bond donors (Lipinski definition) is 0. The molecule has 0 aromatic heterocycles. The lowest BCUT2D eigenvalue weighted by Crippen LogP contribution is -2.41. The van der Waals surface area contributed by atoms with Crippen molar-refractivity contribution in [2.75, 3.05) is 0 Å². The van der Waals surface area contributed by atoms with E-state index in [0.717, 1.165) is 6.26 Å². The van der Waals surface area contributed by atoms with E-state index in [4.69, 9.17) is 9.31 Å². The lowest BCUT2D eigenvalue weighted by Gasteiger charge is -2.32. The zero-order valence-corrected chi connectivity index (χ0v) is 8.33. The minimum atomic E-state index is -0.541. The fourth-order valence-corrected chi connectivity index (χ4v) is 1.06. The van der Waals surface area contributed by atoms with Gasteiger partial charge in [-0.25, -0.2) is 0 Å². The van der Waals surface area contributed by atoms with Gasteiger partial charge in [0.25, 0.3) is 0 Å². The van der Waals surface area contributed by atoms with E-state index in [1.54, 1.807) is 0 Å². The van der Waals surface area contributed by atoms with E-state index in [-0.39, 0.29) is 0 Å². The number of halogens is 1. The van der Waals surface area contributed by atoms with Gasteiger partial charge in [0, 0.05) is 4.53 Å². The molecule has 1 aliphatic rings. The van der Waals surface area contributed by atoms with Crippen LogP contribution in [0.25, 0.3) is 0 Å². The quantitative estimate of drug-likeness (QED) is 0.490. The van der Waals surface area contributed by atoms with Crippen molar-refractivity contribution in [3.05, 3.63) is 12.2 Å². The van der Waals surface area contributed by atoms with Gasteiger partial charge in [0.2, 0.25) is 0 Å². The molecule has 13 heavy (non-hydrogen) atoms. The van der Waals surface area contributed by atoms with Gasteiger partial charge in [-0.2, -0.15) is 0 Å². The minimum absolute atomic E-state index is 0.391. The van der Waals surface area contributed by atoms with E-state index in [1.165, 1.54) is 5.98 Å². The second kappa shape index (κ2) is 3.31. The van der Waals surface area contributed by atoms with E-state index in [1.807, 2.05) is 27.7 Å². The van der Waals surface area contributed by atoms with Crippen LogP contribution in [0.15, 0.2) is 12.2 Å². The summed E-state index contributed by atoms with van der Waals surface area (Å²) in [6, 6.07) is 0.